The number of hydrogen-bond acceptors (Lipinski definition) is 2. The normalized spacial score (nSPS) is 24.3. The van der Waals surface area contributed by atoms with E-state index in [4.69, 9.17) is 0 Å². The van der Waals surface area contributed by atoms with E-state index in [2.05, 4.69) is 18.3 Å². The van der Waals surface area contributed by atoms with Crippen molar-refractivity contribution in [2.24, 2.45) is 11.8 Å². The molecule has 0 amide bonds. The van der Waals surface area contributed by atoms with Crippen molar-refractivity contribution in [3.8, 4) is 0 Å². The number of rotatable bonds is 2. The van der Waals surface area contributed by atoms with Gasteiger partial charge in [-0.25, -0.2) is 0 Å². The Hall–Kier alpha value is -1.15. The number of piperidine rings is 1. The lowest BCUT2D eigenvalue weighted by atomic mass is 9.76. The van der Waals surface area contributed by atoms with E-state index in [9.17, 15) is 4.79 Å². The molecule has 2 nitrogen and oxygen atoms in total. The first kappa shape index (κ1) is 12.9. The molecule has 1 aromatic rings. The van der Waals surface area contributed by atoms with Crippen molar-refractivity contribution in [2.45, 2.75) is 39.0 Å². The Morgan fingerprint density at radius 1 is 1.21 bits per heavy atom. The lowest BCUT2D eigenvalue weighted by molar-refractivity contribution is 0.0873. The molecule has 1 N–H and O–H groups in total. The van der Waals surface area contributed by atoms with Gasteiger partial charge < -0.3 is 5.32 Å². The maximum atomic E-state index is 12.6. The van der Waals surface area contributed by atoms with E-state index in [0.29, 0.717) is 5.78 Å². The Labute approximate surface area is 115 Å². The molecule has 1 saturated heterocycles. The SMILES string of the molecule is Cc1cccc2c1CCC(CC1CCNCC1)C2=O. The number of hydrogen-bond donors (Lipinski definition) is 1. The van der Waals surface area contributed by atoms with E-state index in [1.54, 1.807) is 0 Å². The van der Waals surface area contributed by atoms with Crippen molar-refractivity contribution in [3.05, 3.63) is 34.9 Å². The molecular formula is C17H23NO. The maximum absolute atomic E-state index is 12.6. The summed E-state index contributed by atoms with van der Waals surface area (Å²) in [6.07, 6.45) is 5.73. The number of fused-ring (bicyclic) bond motifs is 1. The molecule has 2 aliphatic rings. The molecule has 2 heteroatoms. The van der Waals surface area contributed by atoms with E-state index in [1.807, 2.05) is 12.1 Å². The third kappa shape index (κ3) is 2.59. The summed E-state index contributed by atoms with van der Waals surface area (Å²) in [7, 11) is 0. The van der Waals surface area contributed by atoms with Crippen molar-refractivity contribution in [2.75, 3.05) is 13.1 Å². The van der Waals surface area contributed by atoms with Gasteiger partial charge in [0.1, 0.15) is 0 Å². The van der Waals surface area contributed by atoms with Crippen molar-refractivity contribution in [3.63, 3.8) is 0 Å². The molecule has 1 unspecified atom stereocenters. The molecule has 1 aromatic carbocycles. The van der Waals surface area contributed by atoms with Gasteiger partial charge in [0.15, 0.2) is 5.78 Å². The van der Waals surface area contributed by atoms with Gasteiger partial charge in [-0.2, -0.15) is 0 Å². The van der Waals surface area contributed by atoms with Gasteiger partial charge in [-0.05, 0) is 69.2 Å². The van der Waals surface area contributed by atoms with Crippen LogP contribution in [0, 0.1) is 18.8 Å². The van der Waals surface area contributed by atoms with Gasteiger partial charge in [-0.3, -0.25) is 4.79 Å². The molecule has 102 valence electrons. The standard InChI is InChI=1S/C17H23NO/c1-12-3-2-4-16-15(12)6-5-14(17(16)19)11-13-7-9-18-10-8-13/h2-4,13-14,18H,5-11H2,1H3. The zero-order valence-corrected chi connectivity index (χ0v) is 11.7. The molecule has 0 aromatic heterocycles. The molecule has 0 spiro atoms. The molecule has 1 aliphatic carbocycles. The predicted octanol–water partition coefficient (Wildman–Crippen LogP) is 3.13. The van der Waals surface area contributed by atoms with Crippen molar-refractivity contribution in [1.29, 1.82) is 0 Å². The maximum Gasteiger partial charge on any atom is 0.166 e. The zero-order chi connectivity index (χ0) is 13.2. The minimum Gasteiger partial charge on any atom is -0.317 e. The lowest BCUT2D eigenvalue weighted by Gasteiger charge is -2.30. The molecule has 0 bridgehead atoms. The summed E-state index contributed by atoms with van der Waals surface area (Å²) in [4.78, 5) is 12.6. The van der Waals surface area contributed by atoms with E-state index in [1.165, 1.54) is 24.0 Å². The number of Topliss-reactive ketones (excluding diaryl/α,β-unsaturated/α-hetero) is 1. The largest absolute Gasteiger partial charge is 0.317 e. The fourth-order valence-corrected chi connectivity index (χ4v) is 3.68. The third-order valence-corrected chi connectivity index (χ3v) is 4.87. The summed E-state index contributed by atoms with van der Waals surface area (Å²) in [6, 6.07) is 6.18. The van der Waals surface area contributed by atoms with Crippen LogP contribution in [-0.4, -0.2) is 18.9 Å². The Bertz CT molecular complexity index is 474. The Morgan fingerprint density at radius 2 is 2.00 bits per heavy atom. The summed E-state index contributed by atoms with van der Waals surface area (Å²) in [6.45, 7) is 4.38. The average molecular weight is 257 g/mol. The van der Waals surface area contributed by atoms with Crippen LogP contribution in [0.4, 0.5) is 0 Å². The molecule has 0 radical (unpaired) electrons. The molecule has 1 heterocycles. The monoisotopic (exact) mass is 257 g/mol. The van der Waals surface area contributed by atoms with E-state index in [0.717, 1.165) is 43.8 Å². The minimum absolute atomic E-state index is 0.275. The summed E-state index contributed by atoms with van der Waals surface area (Å²) < 4.78 is 0. The van der Waals surface area contributed by atoms with Crippen LogP contribution in [0.3, 0.4) is 0 Å². The van der Waals surface area contributed by atoms with Crippen LogP contribution >= 0.6 is 0 Å². The molecular weight excluding hydrogens is 234 g/mol. The van der Waals surface area contributed by atoms with Crippen LogP contribution in [0.5, 0.6) is 0 Å². The number of carbonyl (C=O) groups is 1. The van der Waals surface area contributed by atoms with Crippen LogP contribution in [0.2, 0.25) is 0 Å². The van der Waals surface area contributed by atoms with Gasteiger partial charge in [-0.1, -0.05) is 18.2 Å². The first-order chi connectivity index (χ1) is 9.25. The highest BCUT2D eigenvalue weighted by Gasteiger charge is 2.30. The van der Waals surface area contributed by atoms with Crippen molar-refractivity contribution < 1.29 is 4.79 Å². The lowest BCUT2D eigenvalue weighted by Crippen LogP contribution is -2.31. The van der Waals surface area contributed by atoms with Crippen molar-refractivity contribution >= 4 is 5.78 Å². The number of aryl methyl sites for hydroxylation is 1. The van der Waals surface area contributed by atoms with Crippen LogP contribution < -0.4 is 5.32 Å². The Kier molecular flexibility index (Phi) is 3.69. The quantitative estimate of drug-likeness (QED) is 0.882. The fourth-order valence-electron chi connectivity index (χ4n) is 3.68. The summed E-state index contributed by atoms with van der Waals surface area (Å²) in [5.74, 6) is 1.43. The van der Waals surface area contributed by atoms with Gasteiger partial charge in [0, 0.05) is 11.5 Å². The van der Waals surface area contributed by atoms with E-state index in [-0.39, 0.29) is 5.92 Å². The first-order valence-corrected chi connectivity index (χ1v) is 7.59. The number of ketones is 1. The first-order valence-electron chi connectivity index (χ1n) is 7.59. The van der Waals surface area contributed by atoms with Gasteiger partial charge in [0.2, 0.25) is 0 Å². The number of nitrogens with one attached hydrogen (secondary N) is 1. The van der Waals surface area contributed by atoms with Gasteiger partial charge in [-0.15, -0.1) is 0 Å². The Balaban J connectivity index is 1.74. The van der Waals surface area contributed by atoms with Crippen LogP contribution in [0.15, 0.2) is 18.2 Å². The van der Waals surface area contributed by atoms with E-state index >= 15 is 0 Å². The molecule has 1 fully saturated rings. The highest BCUT2D eigenvalue weighted by atomic mass is 16.1. The van der Waals surface area contributed by atoms with Crippen LogP contribution in [0.1, 0.15) is 47.2 Å². The summed E-state index contributed by atoms with van der Waals surface area (Å²) >= 11 is 0. The minimum atomic E-state index is 0.275. The third-order valence-electron chi connectivity index (χ3n) is 4.87. The van der Waals surface area contributed by atoms with Gasteiger partial charge >= 0.3 is 0 Å². The highest BCUT2D eigenvalue weighted by Crippen LogP contribution is 2.33. The van der Waals surface area contributed by atoms with E-state index < -0.39 is 0 Å². The fraction of sp³-hybridized carbons (Fsp3) is 0.588. The highest BCUT2D eigenvalue weighted by molar-refractivity contribution is 6.00. The Morgan fingerprint density at radius 3 is 2.79 bits per heavy atom. The zero-order valence-electron chi connectivity index (χ0n) is 11.7. The molecule has 1 aliphatic heterocycles. The molecule has 0 saturated carbocycles. The number of benzene rings is 1. The topological polar surface area (TPSA) is 29.1 Å². The van der Waals surface area contributed by atoms with Gasteiger partial charge in [0.05, 0.1) is 0 Å². The summed E-state index contributed by atoms with van der Waals surface area (Å²) in [5.41, 5.74) is 3.59. The average Bonchev–Trinajstić information content (AvgIpc) is 2.44. The second-order valence-corrected chi connectivity index (χ2v) is 6.13. The predicted molar refractivity (Wildman–Crippen MR) is 77.5 cm³/mol. The van der Waals surface area contributed by atoms with Crippen molar-refractivity contribution in [1.82, 2.24) is 5.32 Å². The smallest absolute Gasteiger partial charge is 0.166 e. The second-order valence-electron chi connectivity index (χ2n) is 6.13. The molecule has 19 heavy (non-hydrogen) atoms. The summed E-state index contributed by atoms with van der Waals surface area (Å²) in [5, 5.41) is 3.40. The van der Waals surface area contributed by atoms with Gasteiger partial charge in [0.25, 0.3) is 0 Å². The molecule has 1 atom stereocenters. The second kappa shape index (κ2) is 5.46. The molecule has 3 rings (SSSR count). The number of carbonyl (C=O) groups excluding carboxylic acids is 1. The van der Waals surface area contributed by atoms with Crippen LogP contribution in [-0.2, 0) is 6.42 Å². The van der Waals surface area contributed by atoms with Crippen LogP contribution in [0.25, 0.3) is 0 Å².